The Labute approximate surface area is 371 Å². The van der Waals surface area contributed by atoms with Crippen molar-refractivity contribution in [3.63, 3.8) is 0 Å². The van der Waals surface area contributed by atoms with Crippen molar-refractivity contribution in [1.29, 1.82) is 0 Å². The molecule has 62 heavy (non-hydrogen) atoms. The first-order chi connectivity index (χ1) is 30.5. The minimum atomic E-state index is 1.21. The van der Waals surface area contributed by atoms with Gasteiger partial charge in [0.2, 0.25) is 0 Å². The van der Waals surface area contributed by atoms with Gasteiger partial charge in [-0.2, -0.15) is 0 Å². The van der Waals surface area contributed by atoms with Crippen molar-refractivity contribution in [3.8, 4) is 89.0 Å². The third kappa shape index (κ3) is 7.18. The highest BCUT2D eigenvalue weighted by atomic mass is 32.1. The highest BCUT2D eigenvalue weighted by Gasteiger charge is 2.22. The van der Waals surface area contributed by atoms with Gasteiger partial charge in [0.05, 0.1) is 0 Å². The molecular formula is C60H42S2. The van der Waals surface area contributed by atoms with Crippen molar-refractivity contribution in [1.82, 2.24) is 0 Å². The number of fused-ring (bicyclic) bond motifs is 2. The Balaban J connectivity index is 1.07. The third-order valence-corrected chi connectivity index (χ3v) is 14.1. The van der Waals surface area contributed by atoms with Crippen molar-refractivity contribution >= 4 is 42.8 Å². The lowest BCUT2D eigenvalue weighted by Gasteiger charge is -2.15. The van der Waals surface area contributed by atoms with Crippen LogP contribution < -0.4 is 0 Å². The average Bonchev–Trinajstić information content (AvgIpc) is 3.92. The summed E-state index contributed by atoms with van der Waals surface area (Å²) in [7, 11) is 0. The minimum Gasteiger partial charge on any atom is -0.140 e. The van der Waals surface area contributed by atoms with Gasteiger partial charge in [-0.1, -0.05) is 158 Å². The SMILES string of the molecule is Cc1cc2c(-c3cccc(-c4cc(-c5ccccc5)cc(-c5ccccc5)c4)c3)c3sc(C)cc3c(-c3cccc(-c4cc(-c5ccccc5)cc(-c5ccccc5)c4)c3)c2s1. The van der Waals surface area contributed by atoms with Gasteiger partial charge in [0.25, 0.3) is 0 Å². The second-order valence-corrected chi connectivity index (χ2v) is 18.7. The van der Waals surface area contributed by atoms with Crippen molar-refractivity contribution in [2.45, 2.75) is 13.8 Å². The molecule has 0 saturated heterocycles. The number of hydrogen-bond acceptors (Lipinski definition) is 2. The van der Waals surface area contributed by atoms with Crippen molar-refractivity contribution in [2.75, 3.05) is 0 Å². The zero-order chi connectivity index (χ0) is 41.6. The molecule has 0 unspecified atom stereocenters. The van der Waals surface area contributed by atoms with E-state index < -0.39 is 0 Å². The predicted molar refractivity (Wildman–Crippen MR) is 270 cm³/mol. The lowest BCUT2D eigenvalue weighted by molar-refractivity contribution is 1.56. The lowest BCUT2D eigenvalue weighted by Crippen LogP contribution is -1.89. The summed E-state index contributed by atoms with van der Waals surface area (Å²) in [5.41, 5.74) is 19.7. The second kappa shape index (κ2) is 16.1. The Bertz CT molecular complexity index is 2990. The molecule has 2 heteroatoms. The fraction of sp³-hybridized carbons (Fsp3) is 0.0333. The van der Waals surface area contributed by atoms with Crippen LogP contribution in [0.5, 0.6) is 0 Å². The minimum absolute atomic E-state index is 1.21. The Morgan fingerprint density at radius 1 is 0.226 bits per heavy atom. The van der Waals surface area contributed by atoms with E-state index in [0.717, 1.165) is 0 Å². The summed E-state index contributed by atoms with van der Waals surface area (Å²) in [5, 5.41) is 2.64. The summed E-state index contributed by atoms with van der Waals surface area (Å²) >= 11 is 3.82. The Kier molecular flexibility index (Phi) is 9.81. The van der Waals surface area contributed by atoms with Gasteiger partial charge in [-0.3, -0.25) is 0 Å². The molecule has 0 fully saturated rings. The fourth-order valence-corrected chi connectivity index (χ4v) is 11.3. The molecule has 2 heterocycles. The van der Waals surface area contributed by atoms with E-state index in [0.29, 0.717) is 0 Å². The van der Waals surface area contributed by atoms with Gasteiger partial charge < -0.3 is 0 Å². The van der Waals surface area contributed by atoms with Gasteiger partial charge in [0.15, 0.2) is 0 Å². The summed E-state index contributed by atoms with van der Waals surface area (Å²) < 4.78 is 2.68. The van der Waals surface area contributed by atoms with Crippen LogP contribution in [0.3, 0.4) is 0 Å². The highest BCUT2D eigenvalue weighted by Crippen LogP contribution is 2.50. The Morgan fingerprint density at radius 3 is 0.774 bits per heavy atom. The zero-order valence-electron chi connectivity index (χ0n) is 34.6. The zero-order valence-corrected chi connectivity index (χ0v) is 36.2. The molecule has 0 amide bonds. The standard InChI is InChI=1S/C60H42S2/c1-39-29-55-57(47-27-15-25-45(31-47)53-35-49(41-17-7-3-8-18-41)33-50(36-53)42-19-9-4-10-20-42)60-56(30-40(2)62-60)58(59(55)61-39)48-28-16-26-46(32-48)54-37-51(43-21-11-5-12-22-43)34-52(38-54)44-23-13-6-14-24-44/h3-38H,1-2H3. The van der Waals surface area contributed by atoms with Crippen LogP contribution in [0.4, 0.5) is 0 Å². The van der Waals surface area contributed by atoms with Gasteiger partial charge >= 0.3 is 0 Å². The van der Waals surface area contributed by atoms with Crippen LogP contribution in [0.1, 0.15) is 9.75 Å². The average molecular weight is 827 g/mol. The lowest BCUT2D eigenvalue weighted by atomic mass is 9.89. The first-order valence-corrected chi connectivity index (χ1v) is 22.9. The van der Waals surface area contributed by atoms with Gasteiger partial charge in [-0.25, -0.2) is 0 Å². The first kappa shape index (κ1) is 37.9. The summed E-state index contributed by atoms with van der Waals surface area (Å²) in [5.74, 6) is 0. The van der Waals surface area contributed by atoms with Crippen molar-refractivity contribution < 1.29 is 0 Å². The first-order valence-electron chi connectivity index (χ1n) is 21.2. The molecule has 0 aliphatic heterocycles. The van der Waals surface area contributed by atoms with Gasteiger partial charge in [-0.05, 0) is 152 Å². The topological polar surface area (TPSA) is 0 Å². The third-order valence-electron chi connectivity index (χ3n) is 12.0. The van der Waals surface area contributed by atoms with Crippen LogP contribution in [0, 0.1) is 13.8 Å². The van der Waals surface area contributed by atoms with Crippen molar-refractivity contribution in [2.24, 2.45) is 0 Å². The summed E-state index contributed by atoms with van der Waals surface area (Å²) in [6, 6.07) is 80.3. The summed E-state index contributed by atoms with van der Waals surface area (Å²) in [6.07, 6.45) is 0. The maximum absolute atomic E-state index is 2.42. The Hall–Kier alpha value is -7.10. The fourth-order valence-electron chi connectivity index (χ4n) is 9.08. The molecule has 0 N–H and O–H groups in total. The van der Waals surface area contributed by atoms with Gasteiger partial charge in [-0.15, -0.1) is 22.7 Å². The molecule has 9 aromatic carbocycles. The molecule has 0 saturated carbocycles. The van der Waals surface area contributed by atoms with Crippen molar-refractivity contribution in [3.05, 3.63) is 228 Å². The monoisotopic (exact) mass is 826 g/mol. The van der Waals surface area contributed by atoms with E-state index >= 15 is 0 Å². The molecule has 0 atom stereocenters. The van der Waals surface area contributed by atoms with E-state index in [2.05, 4.69) is 232 Å². The second-order valence-electron chi connectivity index (χ2n) is 16.2. The number of aryl methyl sites for hydroxylation is 2. The van der Waals surface area contributed by atoms with Gasteiger partial charge in [0, 0.05) is 41.1 Å². The molecule has 11 rings (SSSR count). The molecule has 0 aliphatic rings. The van der Waals surface area contributed by atoms with E-state index in [9.17, 15) is 0 Å². The molecule has 294 valence electrons. The summed E-state index contributed by atoms with van der Waals surface area (Å²) in [6.45, 7) is 4.51. The Morgan fingerprint density at radius 2 is 0.468 bits per heavy atom. The van der Waals surface area contributed by atoms with Crippen LogP contribution >= 0.6 is 22.7 Å². The normalized spacial score (nSPS) is 11.4. The molecule has 2 aromatic heterocycles. The molecule has 11 aromatic rings. The quantitative estimate of drug-likeness (QED) is 0.143. The molecule has 0 aliphatic carbocycles. The number of thiophene rings is 2. The molecule has 0 spiro atoms. The largest absolute Gasteiger partial charge is 0.140 e. The van der Waals surface area contributed by atoms with E-state index in [1.54, 1.807) is 0 Å². The van der Waals surface area contributed by atoms with Crippen LogP contribution in [0.25, 0.3) is 109 Å². The van der Waals surface area contributed by atoms with E-state index in [4.69, 9.17) is 0 Å². The van der Waals surface area contributed by atoms with Crippen LogP contribution in [0.15, 0.2) is 218 Å². The number of hydrogen-bond donors (Lipinski definition) is 0. The molecular weight excluding hydrogens is 785 g/mol. The maximum atomic E-state index is 2.42. The van der Waals surface area contributed by atoms with Crippen LogP contribution in [-0.4, -0.2) is 0 Å². The molecule has 0 bridgehead atoms. The van der Waals surface area contributed by atoms with Crippen LogP contribution in [-0.2, 0) is 0 Å². The highest BCUT2D eigenvalue weighted by molar-refractivity contribution is 7.22. The number of rotatable bonds is 8. The maximum Gasteiger partial charge on any atom is 0.0437 e. The van der Waals surface area contributed by atoms with E-state index in [-0.39, 0.29) is 0 Å². The van der Waals surface area contributed by atoms with Gasteiger partial charge in [0.1, 0.15) is 0 Å². The van der Waals surface area contributed by atoms with Crippen LogP contribution in [0.2, 0.25) is 0 Å². The summed E-state index contributed by atoms with van der Waals surface area (Å²) in [4.78, 5) is 2.63. The smallest absolute Gasteiger partial charge is 0.0437 e. The predicted octanol–water partition coefficient (Wildman–Crippen LogP) is 18.1. The van der Waals surface area contributed by atoms with E-state index in [1.165, 1.54) is 119 Å². The van der Waals surface area contributed by atoms with E-state index in [1.807, 2.05) is 22.7 Å². The number of benzene rings is 9. The molecule has 0 nitrogen and oxygen atoms in total. The molecule has 0 radical (unpaired) electrons.